The third-order valence-electron chi connectivity index (χ3n) is 2.11. The van der Waals surface area contributed by atoms with Gasteiger partial charge in [-0.3, -0.25) is 20.4 Å². The molecule has 2 amide bonds. The number of hydrogen-bond donors (Lipinski definition) is 2. The quantitative estimate of drug-likeness (QED) is 0.577. The van der Waals surface area contributed by atoms with Gasteiger partial charge in [-0.1, -0.05) is 22.9 Å². The van der Waals surface area contributed by atoms with Gasteiger partial charge in [0.15, 0.2) is 6.61 Å². The predicted octanol–water partition coefficient (Wildman–Crippen LogP) is 2.12. The Bertz CT molecular complexity index is 440. The number of hydrogen-bond acceptors (Lipinski definition) is 4. The van der Waals surface area contributed by atoms with Gasteiger partial charge in [0.25, 0.3) is 5.91 Å². The zero-order chi connectivity index (χ0) is 14.8. The summed E-state index contributed by atoms with van der Waals surface area (Å²) in [4.78, 5) is 22.8. The number of halogens is 1. The third kappa shape index (κ3) is 7.40. The lowest BCUT2D eigenvalue weighted by Crippen LogP contribution is -2.44. The number of rotatable bonds is 7. The van der Waals surface area contributed by atoms with E-state index in [0.717, 1.165) is 16.6 Å². The number of amides is 2. The van der Waals surface area contributed by atoms with Gasteiger partial charge in [0.2, 0.25) is 5.91 Å². The SMILES string of the molecule is CCCSCC(=O)NNC(=O)COc1ccc(Br)cc1. The highest BCUT2D eigenvalue weighted by Crippen LogP contribution is 2.15. The zero-order valence-corrected chi connectivity index (χ0v) is 13.6. The molecule has 0 aliphatic rings. The number of ether oxygens (including phenoxy) is 1. The standard InChI is InChI=1S/C13H17BrN2O3S/c1-2-7-20-9-13(18)16-15-12(17)8-19-11-5-3-10(14)4-6-11/h3-6H,2,7-9H2,1H3,(H,15,17)(H,16,18). The second-order valence-corrected chi connectivity index (χ2v) is 5.91. The van der Waals surface area contributed by atoms with Gasteiger partial charge in [-0.25, -0.2) is 0 Å². The fourth-order valence-electron chi connectivity index (χ4n) is 1.20. The molecule has 0 saturated carbocycles. The van der Waals surface area contributed by atoms with E-state index in [2.05, 4.69) is 26.8 Å². The average Bonchev–Trinajstić information content (AvgIpc) is 2.45. The van der Waals surface area contributed by atoms with Crippen molar-refractivity contribution in [3.8, 4) is 5.75 Å². The Morgan fingerprint density at radius 1 is 1.20 bits per heavy atom. The summed E-state index contributed by atoms with van der Waals surface area (Å²) >= 11 is 4.83. The second-order valence-electron chi connectivity index (χ2n) is 3.89. The van der Waals surface area contributed by atoms with Gasteiger partial charge >= 0.3 is 0 Å². The molecule has 1 aromatic rings. The summed E-state index contributed by atoms with van der Waals surface area (Å²) in [6.45, 7) is 1.90. The van der Waals surface area contributed by atoms with Crippen LogP contribution in [-0.2, 0) is 9.59 Å². The van der Waals surface area contributed by atoms with E-state index in [1.165, 1.54) is 11.8 Å². The summed E-state index contributed by atoms with van der Waals surface area (Å²) in [6, 6.07) is 7.13. The first-order valence-corrected chi connectivity index (χ1v) is 8.10. The maximum Gasteiger partial charge on any atom is 0.276 e. The zero-order valence-electron chi connectivity index (χ0n) is 11.1. The summed E-state index contributed by atoms with van der Waals surface area (Å²) in [5, 5.41) is 0. The van der Waals surface area contributed by atoms with Crippen molar-refractivity contribution in [2.45, 2.75) is 13.3 Å². The van der Waals surface area contributed by atoms with Crippen molar-refractivity contribution in [1.82, 2.24) is 10.9 Å². The smallest absolute Gasteiger partial charge is 0.276 e. The van der Waals surface area contributed by atoms with Crippen LogP contribution in [0.3, 0.4) is 0 Å². The molecule has 0 spiro atoms. The Balaban J connectivity index is 2.17. The first-order chi connectivity index (χ1) is 9.61. The molecule has 1 rings (SSSR count). The van der Waals surface area contributed by atoms with Gasteiger partial charge in [0.1, 0.15) is 5.75 Å². The van der Waals surface area contributed by atoms with Crippen molar-refractivity contribution in [2.24, 2.45) is 0 Å². The van der Waals surface area contributed by atoms with E-state index in [-0.39, 0.29) is 12.5 Å². The minimum absolute atomic E-state index is 0.149. The summed E-state index contributed by atoms with van der Waals surface area (Å²) in [5.41, 5.74) is 4.64. The predicted molar refractivity (Wildman–Crippen MR) is 83.5 cm³/mol. The number of benzene rings is 1. The highest BCUT2D eigenvalue weighted by atomic mass is 79.9. The van der Waals surface area contributed by atoms with Crippen molar-refractivity contribution in [3.63, 3.8) is 0 Å². The molecule has 0 radical (unpaired) electrons. The fourth-order valence-corrected chi connectivity index (χ4v) is 2.16. The number of carbonyl (C=O) groups is 2. The van der Waals surface area contributed by atoms with E-state index in [0.29, 0.717) is 11.5 Å². The number of carbonyl (C=O) groups excluding carboxylic acids is 2. The van der Waals surface area contributed by atoms with E-state index >= 15 is 0 Å². The number of nitrogens with one attached hydrogen (secondary N) is 2. The molecule has 7 heteroatoms. The topological polar surface area (TPSA) is 67.4 Å². The van der Waals surface area contributed by atoms with Crippen molar-refractivity contribution < 1.29 is 14.3 Å². The van der Waals surface area contributed by atoms with E-state index in [1.54, 1.807) is 12.1 Å². The molecule has 1 aromatic carbocycles. The summed E-state index contributed by atoms with van der Waals surface area (Å²) < 4.78 is 6.20. The Kier molecular flexibility index (Phi) is 8.13. The van der Waals surface area contributed by atoms with E-state index in [1.807, 2.05) is 19.1 Å². The van der Waals surface area contributed by atoms with Crippen LogP contribution in [0.4, 0.5) is 0 Å². The van der Waals surface area contributed by atoms with Crippen molar-refractivity contribution in [1.29, 1.82) is 0 Å². The van der Waals surface area contributed by atoms with Crippen LogP contribution in [0.15, 0.2) is 28.7 Å². The van der Waals surface area contributed by atoms with E-state index < -0.39 is 5.91 Å². The minimum atomic E-state index is -0.401. The molecular formula is C13H17BrN2O3S. The molecule has 0 aromatic heterocycles. The van der Waals surface area contributed by atoms with Gasteiger partial charge in [0.05, 0.1) is 5.75 Å². The van der Waals surface area contributed by atoms with Gasteiger partial charge in [-0.2, -0.15) is 11.8 Å². The maximum atomic E-state index is 11.5. The van der Waals surface area contributed by atoms with Crippen LogP contribution in [0.25, 0.3) is 0 Å². The van der Waals surface area contributed by atoms with Crippen LogP contribution >= 0.6 is 27.7 Å². The van der Waals surface area contributed by atoms with Crippen molar-refractivity contribution in [3.05, 3.63) is 28.7 Å². The second kappa shape index (κ2) is 9.66. The molecule has 0 fully saturated rings. The maximum absolute atomic E-state index is 11.5. The summed E-state index contributed by atoms with van der Waals surface area (Å²) in [7, 11) is 0. The molecule has 0 unspecified atom stereocenters. The molecular weight excluding hydrogens is 344 g/mol. The van der Waals surface area contributed by atoms with Crippen LogP contribution < -0.4 is 15.6 Å². The van der Waals surface area contributed by atoms with Gasteiger partial charge < -0.3 is 4.74 Å². The first kappa shape index (κ1) is 16.8. The monoisotopic (exact) mass is 360 g/mol. The lowest BCUT2D eigenvalue weighted by Gasteiger charge is -2.08. The molecule has 2 N–H and O–H groups in total. The van der Waals surface area contributed by atoms with Gasteiger partial charge in [0, 0.05) is 4.47 Å². The number of thioether (sulfide) groups is 1. The van der Waals surface area contributed by atoms with Crippen LogP contribution in [-0.4, -0.2) is 29.9 Å². The normalized spacial score (nSPS) is 9.90. The Morgan fingerprint density at radius 3 is 2.50 bits per heavy atom. The molecule has 0 aliphatic carbocycles. The average molecular weight is 361 g/mol. The van der Waals surface area contributed by atoms with Crippen LogP contribution in [0.2, 0.25) is 0 Å². The lowest BCUT2D eigenvalue weighted by atomic mass is 10.3. The van der Waals surface area contributed by atoms with E-state index in [4.69, 9.17) is 4.74 Å². The summed E-state index contributed by atoms with van der Waals surface area (Å²) in [6.07, 6.45) is 1.02. The van der Waals surface area contributed by atoms with E-state index in [9.17, 15) is 9.59 Å². The largest absolute Gasteiger partial charge is 0.484 e. The molecule has 20 heavy (non-hydrogen) atoms. The molecule has 0 heterocycles. The Hall–Kier alpha value is -1.21. The minimum Gasteiger partial charge on any atom is -0.484 e. The summed E-state index contributed by atoms with van der Waals surface area (Å²) in [5.74, 6) is 1.23. The highest BCUT2D eigenvalue weighted by molar-refractivity contribution is 9.10. The molecule has 0 bridgehead atoms. The Labute approximate surface area is 130 Å². The van der Waals surface area contributed by atoms with Crippen molar-refractivity contribution in [2.75, 3.05) is 18.1 Å². The van der Waals surface area contributed by atoms with Crippen LogP contribution in [0.5, 0.6) is 5.75 Å². The fraction of sp³-hybridized carbons (Fsp3) is 0.385. The molecule has 110 valence electrons. The molecule has 0 aliphatic heterocycles. The molecule has 5 nitrogen and oxygen atoms in total. The van der Waals surface area contributed by atoms with Crippen molar-refractivity contribution >= 4 is 39.5 Å². The van der Waals surface area contributed by atoms with Gasteiger partial charge in [-0.05, 0) is 36.4 Å². The van der Waals surface area contributed by atoms with Gasteiger partial charge in [-0.15, -0.1) is 0 Å². The van der Waals surface area contributed by atoms with Crippen LogP contribution in [0.1, 0.15) is 13.3 Å². The number of hydrazine groups is 1. The highest BCUT2D eigenvalue weighted by Gasteiger charge is 2.05. The van der Waals surface area contributed by atoms with Crippen LogP contribution in [0, 0.1) is 0 Å². The third-order valence-corrected chi connectivity index (χ3v) is 3.80. The molecule has 0 saturated heterocycles. The molecule has 0 atom stereocenters. The first-order valence-electron chi connectivity index (χ1n) is 6.15. The Morgan fingerprint density at radius 2 is 1.85 bits per heavy atom. The lowest BCUT2D eigenvalue weighted by molar-refractivity contribution is -0.128.